The molecule has 1 amide bonds. The molecule has 2 aliphatic heterocycles. The van der Waals surface area contributed by atoms with Crippen LogP contribution in [0.15, 0.2) is 48.6 Å². The van der Waals surface area contributed by atoms with Crippen LogP contribution in [-0.4, -0.2) is 64.4 Å². The van der Waals surface area contributed by atoms with E-state index in [-0.39, 0.29) is 23.4 Å². The van der Waals surface area contributed by atoms with Crippen molar-refractivity contribution in [3.05, 3.63) is 70.3 Å². The van der Waals surface area contributed by atoms with Gasteiger partial charge in [0.05, 0.1) is 18.2 Å². The number of nitrogens with zero attached hydrogens (tertiary/aromatic N) is 2. The topological polar surface area (TPSA) is 111 Å². The van der Waals surface area contributed by atoms with Gasteiger partial charge in [-0.05, 0) is 98.2 Å². The van der Waals surface area contributed by atoms with Gasteiger partial charge in [0.15, 0.2) is 5.60 Å². The number of rotatable bonds is 1. The van der Waals surface area contributed by atoms with E-state index in [4.69, 9.17) is 16.3 Å². The van der Waals surface area contributed by atoms with Crippen molar-refractivity contribution in [3.8, 4) is 5.75 Å². The van der Waals surface area contributed by atoms with Gasteiger partial charge in [-0.3, -0.25) is 4.79 Å². The Morgan fingerprint density at radius 2 is 1.93 bits per heavy atom. The van der Waals surface area contributed by atoms with Crippen molar-refractivity contribution in [2.75, 3.05) is 25.0 Å². The number of anilines is 1. The molecular formula is C33H41ClN2O6. The summed E-state index contributed by atoms with van der Waals surface area (Å²) in [5, 5.41) is 33.5. The lowest BCUT2D eigenvalue weighted by Crippen LogP contribution is -2.45. The van der Waals surface area contributed by atoms with Gasteiger partial charge in [-0.2, -0.15) is 0 Å². The Hall–Kier alpha value is -3.07. The molecule has 1 fully saturated rings. The molecule has 2 heterocycles. The summed E-state index contributed by atoms with van der Waals surface area (Å²) in [7, 11) is 1.61. The Kier molecular flexibility index (Phi) is 9.16. The normalized spacial score (nSPS) is 29.7. The Bertz CT molecular complexity index is 1350. The number of benzene rings is 2. The van der Waals surface area contributed by atoms with Crippen molar-refractivity contribution >= 4 is 29.2 Å². The van der Waals surface area contributed by atoms with Crippen LogP contribution in [0, 0.1) is 11.8 Å². The first-order valence-electron chi connectivity index (χ1n) is 14.9. The van der Waals surface area contributed by atoms with Gasteiger partial charge in [-0.1, -0.05) is 35.9 Å². The number of aliphatic carboxylic acids is 1. The predicted molar refractivity (Wildman–Crippen MR) is 162 cm³/mol. The van der Waals surface area contributed by atoms with Crippen LogP contribution in [0.2, 0.25) is 5.02 Å². The first-order valence-corrected chi connectivity index (χ1v) is 15.3. The summed E-state index contributed by atoms with van der Waals surface area (Å²) in [6.45, 7) is 3.53. The van der Waals surface area contributed by atoms with Gasteiger partial charge in [-0.25, -0.2) is 4.79 Å². The number of amides is 1. The molecule has 9 heteroatoms. The highest BCUT2D eigenvalue weighted by atomic mass is 35.5. The number of aryl methyl sites for hydroxylation is 1. The third kappa shape index (κ3) is 6.31. The SMILES string of the molecule is C[C@H]1C/C=C/[C@H](O)[C@@H]2CC[C@H]2CN2CCCCc3cc(Cl)ccc3COc3ccc(cc32)[C@@](O)(C(=O)O)CC(=O)N1C. The molecule has 5 atom stereocenters. The second kappa shape index (κ2) is 12.7. The lowest BCUT2D eigenvalue weighted by atomic mass is 9.70. The summed E-state index contributed by atoms with van der Waals surface area (Å²) in [6, 6.07) is 10.5. The summed E-state index contributed by atoms with van der Waals surface area (Å²) in [6.07, 6.45) is 7.63. The van der Waals surface area contributed by atoms with Gasteiger partial charge in [0.1, 0.15) is 12.4 Å². The molecule has 0 radical (unpaired) electrons. The molecule has 42 heavy (non-hydrogen) atoms. The van der Waals surface area contributed by atoms with Gasteiger partial charge in [-0.15, -0.1) is 0 Å². The van der Waals surface area contributed by atoms with E-state index in [1.165, 1.54) is 4.90 Å². The number of halogens is 1. The van der Waals surface area contributed by atoms with E-state index in [0.29, 0.717) is 42.6 Å². The highest BCUT2D eigenvalue weighted by molar-refractivity contribution is 6.30. The summed E-state index contributed by atoms with van der Waals surface area (Å²) < 4.78 is 6.38. The fourth-order valence-electron chi connectivity index (χ4n) is 6.36. The molecule has 3 aliphatic rings. The first-order chi connectivity index (χ1) is 20.1. The fraction of sp³-hybridized carbons (Fsp3) is 0.515. The van der Waals surface area contributed by atoms with Gasteiger partial charge < -0.3 is 29.9 Å². The van der Waals surface area contributed by atoms with E-state index < -0.39 is 30.0 Å². The molecule has 1 saturated carbocycles. The van der Waals surface area contributed by atoms with E-state index in [0.717, 1.165) is 43.2 Å². The molecular weight excluding hydrogens is 556 g/mol. The van der Waals surface area contributed by atoms with Crippen LogP contribution < -0.4 is 9.64 Å². The maximum atomic E-state index is 13.2. The van der Waals surface area contributed by atoms with E-state index in [9.17, 15) is 24.9 Å². The molecule has 0 spiro atoms. The minimum atomic E-state index is -2.41. The monoisotopic (exact) mass is 596 g/mol. The van der Waals surface area contributed by atoms with Crippen molar-refractivity contribution < 1.29 is 29.6 Å². The predicted octanol–water partition coefficient (Wildman–Crippen LogP) is 4.92. The van der Waals surface area contributed by atoms with Gasteiger partial charge in [0.2, 0.25) is 5.91 Å². The fourth-order valence-corrected chi connectivity index (χ4v) is 6.55. The molecule has 0 saturated heterocycles. The van der Waals surface area contributed by atoms with Gasteiger partial charge in [0, 0.05) is 31.2 Å². The molecule has 226 valence electrons. The number of fused-ring (bicyclic) bond motifs is 3. The lowest BCUT2D eigenvalue weighted by Gasteiger charge is -2.43. The highest BCUT2D eigenvalue weighted by Crippen LogP contribution is 2.42. The number of ether oxygens (including phenoxy) is 1. The molecule has 0 unspecified atom stereocenters. The van der Waals surface area contributed by atoms with E-state index >= 15 is 0 Å². The number of aliphatic hydroxyl groups is 2. The average Bonchev–Trinajstić information content (AvgIpc) is 2.97. The molecule has 5 rings (SSSR count). The van der Waals surface area contributed by atoms with Crippen molar-refractivity contribution in [1.29, 1.82) is 0 Å². The number of carbonyl (C=O) groups excluding carboxylic acids is 1. The molecule has 2 bridgehead atoms. The minimum absolute atomic E-state index is 0.108. The zero-order valence-electron chi connectivity index (χ0n) is 24.3. The van der Waals surface area contributed by atoms with Crippen LogP contribution in [0.25, 0.3) is 0 Å². The van der Waals surface area contributed by atoms with Crippen LogP contribution >= 0.6 is 11.6 Å². The largest absolute Gasteiger partial charge is 0.487 e. The Labute approximate surface area is 252 Å². The average molecular weight is 597 g/mol. The Morgan fingerprint density at radius 1 is 1.12 bits per heavy atom. The third-order valence-corrected chi connectivity index (χ3v) is 9.68. The molecule has 3 N–H and O–H groups in total. The number of carbonyl (C=O) groups is 2. The first kappa shape index (κ1) is 30.4. The smallest absolute Gasteiger partial charge is 0.340 e. The van der Waals surface area contributed by atoms with Gasteiger partial charge in [0.25, 0.3) is 0 Å². The number of carboxylic acid groups (broad SMARTS) is 1. The zero-order valence-corrected chi connectivity index (χ0v) is 25.1. The molecule has 2 aromatic rings. The summed E-state index contributed by atoms with van der Waals surface area (Å²) >= 11 is 6.30. The maximum absolute atomic E-state index is 13.2. The standard InChI is InChI=1S/C33H41ClN2O6/c1-21-6-5-8-29(37)27-13-10-23(27)19-36-15-4-3-7-22-16-26(34)12-9-24(22)20-42-30-14-11-25(17-28(30)36)33(41,32(39)40)18-31(38)35(21)2/h5,8-9,11-12,14,16-17,21,23,27,29,37,41H,3-4,6-7,10,13,15,18-20H2,1-2H3,(H,39,40)/b8-5+/t21-,23-,27+,29-,33+/m0/s1. The molecule has 8 nitrogen and oxygen atoms in total. The zero-order chi connectivity index (χ0) is 30.0. The molecule has 1 aliphatic carbocycles. The second-order valence-electron chi connectivity index (χ2n) is 12.1. The Balaban J connectivity index is 1.59. The second-order valence-corrected chi connectivity index (χ2v) is 12.6. The van der Waals surface area contributed by atoms with Crippen molar-refractivity contribution in [3.63, 3.8) is 0 Å². The van der Waals surface area contributed by atoms with Crippen LogP contribution in [0.4, 0.5) is 5.69 Å². The quantitative estimate of drug-likeness (QED) is 0.401. The van der Waals surface area contributed by atoms with E-state index in [1.54, 1.807) is 25.2 Å². The van der Waals surface area contributed by atoms with E-state index in [1.807, 2.05) is 37.3 Å². The third-order valence-electron chi connectivity index (χ3n) is 9.45. The van der Waals surface area contributed by atoms with Crippen LogP contribution in [0.3, 0.4) is 0 Å². The highest BCUT2D eigenvalue weighted by Gasteiger charge is 2.43. The minimum Gasteiger partial charge on any atom is -0.487 e. The van der Waals surface area contributed by atoms with Gasteiger partial charge >= 0.3 is 5.97 Å². The summed E-state index contributed by atoms with van der Waals surface area (Å²) in [4.78, 5) is 29.5. The van der Waals surface area contributed by atoms with Crippen molar-refractivity contribution in [2.24, 2.45) is 11.8 Å². The van der Waals surface area contributed by atoms with Crippen molar-refractivity contribution in [2.45, 2.75) is 76.2 Å². The van der Waals surface area contributed by atoms with E-state index in [2.05, 4.69) is 4.90 Å². The Morgan fingerprint density at radius 3 is 2.67 bits per heavy atom. The lowest BCUT2D eigenvalue weighted by molar-refractivity contribution is -0.165. The summed E-state index contributed by atoms with van der Waals surface area (Å²) in [5.41, 5.74) is 0.586. The summed E-state index contributed by atoms with van der Waals surface area (Å²) in [5.74, 6) is -1.03. The van der Waals surface area contributed by atoms with Crippen molar-refractivity contribution in [1.82, 2.24) is 4.90 Å². The maximum Gasteiger partial charge on any atom is 0.340 e. The number of hydrogen-bond donors (Lipinski definition) is 3. The van der Waals surface area contributed by atoms with Crippen LogP contribution in [-0.2, 0) is 28.2 Å². The molecule has 2 aromatic carbocycles. The van der Waals surface area contributed by atoms with Crippen LogP contribution in [0.1, 0.15) is 62.1 Å². The number of carboxylic acids is 1. The number of aliphatic hydroxyl groups excluding tert-OH is 1. The molecule has 0 aromatic heterocycles. The van der Waals surface area contributed by atoms with Crippen LogP contribution in [0.5, 0.6) is 5.75 Å². The number of hydrogen-bond acceptors (Lipinski definition) is 6.